The van der Waals surface area contributed by atoms with E-state index in [1.807, 2.05) is 6.07 Å². The van der Waals surface area contributed by atoms with Crippen molar-refractivity contribution in [2.45, 2.75) is 6.42 Å². The second-order valence-electron chi connectivity index (χ2n) is 2.78. The monoisotopic (exact) mass is 244 g/mol. The number of nitrogens with zero attached hydrogens (tertiary/aromatic N) is 2. The molecule has 4 N–H and O–H groups in total. The summed E-state index contributed by atoms with van der Waals surface area (Å²) in [5, 5.41) is 8.16. The normalized spacial score (nSPS) is 10.5. The molecule has 0 unspecified atom stereocenters. The molecule has 80 valence electrons. The molecule has 0 amide bonds. The quantitative estimate of drug-likeness (QED) is 0.484. The highest BCUT2D eigenvalue weighted by molar-refractivity contribution is 6.42. The Morgan fingerprint density at radius 1 is 1.27 bits per heavy atom. The van der Waals surface area contributed by atoms with E-state index < -0.39 is 0 Å². The molecule has 6 heteroatoms. The Hall–Kier alpha value is -1.26. The first-order valence-corrected chi connectivity index (χ1v) is 4.89. The number of benzene rings is 1. The summed E-state index contributed by atoms with van der Waals surface area (Å²) >= 11 is 11.6. The van der Waals surface area contributed by atoms with Gasteiger partial charge in [0.1, 0.15) is 0 Å². The van der Waals surface area contributed by atoms with Crippen molar-refractivity contribution in [3.63, 3.8) is 0 Å². The summed E-state index contributed by atoms with van der Waals surface area (Å²) in [6.07, 6.45) is 2.17. The SMILES string of the molecule is NC(N)=N/N=C/Cc1ccc(Cl)c(Cl)c1. The lowest BCUT2D eigenvalue weighted by molar-refractivity contribution is 1.19. The van der Waals surface area contributed by atoms with Gasteiger partial charge in [0.05, 0.1) is 10.0 Å². The highest BCUT2D eigenvalue weighted by atomic mass is 35.5. The maximum atomic E-state index is 5.83. The molecular formula is C9H10Cl2N4. The van der Waals surface area contributed by atoms with Crippen molar-refractivity contribution in [3.8, 4) is 0 Å². The molecule has 0 spiro atoms. The summed E-state index contributed by atoms with van der Waals surface area (Å²) in [4.78, 5) is 0. The summed E-state index contributed by atoms with van der Waals surface area (Å²) in [6, 6.07) is 5.36. The van der Waals surface area contributed by atoms with Gasteiger partial charge in [0.2, 0.25) is 5.96 Å². The van der Waals surface area contributed by atoms with Crippen LogP contribution in [0.1, 0.15) is 5.56 Å². The first-order chi connectivity index (χ1) is 7.09. The van der Waals surface area contributed by atoms with Crippen LogP contribution < -0.4 is 11.5 Å². The van der Waals surface area contributed by atoms with Crippen molar-refractivity contribution in [1.82, 2.24) is 0 Å². The first kappa shape index (κ1) is 11.8. The van der Waals surface area contributed by atoms with Gasteiger partial charge in [-0.3, -0.25) is 0 Å². The molecule has 0 saturated heterocycles. The van der Waals surface area contributed by atoms with Gasteiger partial charge in [-0.25, -0.2) is 0 Å². The van der Waals surface area contributed by atoms with E-state index in [1.165, 1.54) is 0 Å². The molecule has 0 atom stereocenters. The van der Waals surface area contributed by atoms with Gasteiger partial charge in [-0.15, -0.1) is 5.10 Å². The summed E-state index contributed by atoms with van der Waals surface area (Å²) in [6.45, 7) is 0. The van der Waals surface area contributed by atoms with Crippen molar-refractivity contribution >= 4 is 35.4 Å². The minimum atomic E-state index is -0.0691. The fraction of sp³-hybridized carbons (Fsp3) is 0.111. The summed E-state index contributed by atoms with van der Waals surface area (Å²) in [7, 11) is 0. The van der Waals surface area contributed by atoms with E-state index in [1.54, 1.807) is 18.3 Å². The van der Waals surface area contributed by atoms with Crippen LogP contribution in [-0.4, -0.2) is 12.2 Å². The summed E-state index contributed by atoms with van der Waals surface area (Å²) < 4.78 is 0. The minimum Gasteiger partial charge on any atom is -0.369 e. The van der Waals surface area contributed by atoms with E-state index in [2.05, 4.69) is 10.2 Å². The van der Waals surface area contributed by atoms with Crippen LogP contribution in [0.3, 0.4) is 0 Å². The van der Waals surface area contributed by atoms with Crippen LogP contribution >= 0.6 is 23.2 Å². The third-order valence-corrected chi connectivity index (χ3v) is 2.30. The number of nitrogens with two attached hydrogens (primary N) is 2. The minimum absolute atomic E-state index is 0.0691. The zero-order valence-electron chi connectivity index (χ0n) is 7.82. The number of guanidine groups is 1. The Balaban J connectivity index is 2.62. The molecule has 0 bridgehead atoms. The maximum absolute atomic E-state index is 5.83. The molecule has 1 aromatic rings. The Morgan fingerprint density at radius 3 is 2.60 bits per heavy atom. The van der Waals surface area contributed by atoms with E-state index in [0.29, 0.717) is 16.5 Å². The molecule has 0 fully saturated rings. The molecule has 0 aliphatic carbocycles. The van der Waals surface area contributed by atoms with Gasteiger partial charge >= 0.3 is 0 Å². The molecule has 15 heavy (non-hydrogen) atoms. The molecule has 4 nitrogen and oxygen atoms in total. The van der Waals surface area contributed by atoms with Crippen LogP contribution in [0.25, 0.3) is 0 Å². The van der Waals surface area contributed by atoms with Gasteiger partial charge in [0.25, 0.3) is 0 Å². The zero-order chi connectivity index (χ0) is 11.3. The van der Waals surface area contributed by atoms with E-state index in [0.717, 1.165) is 5.56 Å². The summed E-state index contributed by atoms with van der Waals surface area (Å²) in [5.41, 5.74) is 11.2. The van der Waals surface area contributed by atoms with Gasteiger partial charge in [-0.1, -0.05) is 29.3 Å². The predicted octanol–water partition coefficient (Wildman–Crippen LogP) is 1.80. The van der Waals surface area contributed by atoms with Gasteiger partial charge in [-0.2, -0.15) is 5.10 Å². The van der Waals surface area contributed by atoms with E-state index in [9.17, 15) is 0 Å². The van der Waals surface area contributed by atoms with E-state index in [-0.39, 0.29) is 5.96 Å². The topological polar surface area (TPSA) is 76.8 Å². The molecule has 0 saturated carbocycles. The number of hydrogen-bond acceptors (Lipinski definition) is 2. The first-order valence-electron chi connectivity index (χ1n) is 4.14. The molecule has 0 heterocycles. The number of halogens is 2. The van der Waals surface area contributed by atoms with E-state index in [4.69, 9.17) is 34.7 Å². The van der Waals surface area contributed by atoms with Gasteiger partial charge < -0.3 is 11.5 Å². The highest BCUT2D eigenvalue weighted by Gasteiger charge is 1.97. The van der Waals surface area contributed by atoms with Crippen molar-refractivity contribution < 1.29 is 0 Å². The van der Waals surface area contributed by atoms with Crippen molar-refractivity contribution in [2.24, 2.45) is 21.7 Å². The van der Waals surface area contributed by atoms with Crippen LogP contribution in [-0.2, 0) is 6.42 Å². The smallest absolute Gasteiger partial charge is 0.211 e. The third-order valence-electron chi connectivity index (χ3n) is 1.57. The van der Waals surface area contributed by atoms with Crippen LogP contribution in [0.15, 0.2) is 28.4 Å². The Labute approximate surface area is 97.6 Å². The Morgan fingerprint density at radius 2 is 2.00 bits per heavy atom. The van der Waals surface area contributed by atoms with Crippen molar-refractivity contribution in [3.05, 3.63) is 33.8 Å². The van der Waals surface area contributed by atoms with Crippen molar-refractivity contribution in [2.75, 3.05) is 0 Å². The van der Waals surface area contributed by atoms with E-state index >= 15 is 0 Å². The fourth-order valence-electron chi connectivity index (χ4n) is 0.920. The van der Waals surface area contributed by atoms with Crippen LogP contribution in [0.5, 0.6) is 0 Å². The molecule has 0 aliphatic rings. The third kappa shape index (κ3) is 4.18. The molecule has 0 aromatic heterocycles. The molecule has 0 aliphatic heterocycles. The van der Waals surface area contributed by atoms with Crippen LogP contribution in [0.4, 0.5) is 0 Å². The second kappa shape index (κ2) is 5.58. The molecule has 1 aromatic carbocycles. The Kier molecular flexibility index (Phi) is 4.39. The number of rotatable bonds is 3. The molecule has 1 rings (SSSR count). The van der Waals surface area contributed by atoms with Crippen molar-refractivity contribution in [1.29, 1.82) is 0 Å². The Bertz CT molecular complexity index is 397. The van der Waals surface area contributed by atoms with Crippen LogP contribution in [0.2, 0.25) is 10.0 Å². The zero-order valence-corrected chi connectivity index (χ0v) is 9.33. The molecular weight excluding hydrogens is 235 g/mol. The second-order valence-corrected chi connectivity index (χ2v) is 3.59. The van der Waals surface area contributed by atoms with Gasteiger partial charge in [0.15, 0.2) is 0 Å². The van der Waals surface area contributed by atoms with Crippen LogP contribution in [0, 0.1) is 0 Å². The average molecular weight is 245 g/mol. The van der Waals surface area contributed by atoms with Gasteiger partial charge in [-0.05, 0) is 17.7 Å². The number of hydrogen-bond donors (Lipinski definition) is 2. The standard InChI is InChI=1S/C9H10Cl2N4/c10-7-2-1-6(5-8(7)11)3-4-14-15-9(12)13/h1-2,4-5H,3H2,(H4,12,13,15)/b14-4+. The lowest BCUT2D eigenvalue weighted by Crippen LogP contribution is -2.21. The maximum Gasteiger partial charge on any atom is 0.211 e. The molecule has 0 radical (unpaired) electrons. The van der Waals surface area contributed by atoms with Gasteiger partial charge in [0, 0.05) is 12.6 Å². The fourth-order valence-corrected chi connectivity index (χ4v) is 1.24. The average Bonchev–Trinajstić information content (AvgIpc) is 2.18. The predicted molar refractivity (Wildman–Crippen MR) is 64.5 cm³/mol. The lowest BCUT2D eigenvalue weighted by Gasteiger charge is -1.98. The lowest BCUT2D eigenvalue weighted by atomic mass is 10.2. The summed E-state index contributed by atoms with van der Waals surface area (Å²) in [5.74, 6) is -0.0691. The largest absolute Gasteiger partial charge is 0.369 e. The highest BCUT2D eigenvalue weighted by Crippen LogP contribution is 2.22.